The summed E-state index contributed by atoms with van der Waals surface area (Å²) in [5.74, 6) is -2.17. The first-order valence-corrected chi connectivity index (χ1v) is 18.5. The number of nitrogens with two attached hydrogens (primary N) is 1. The van der Waals surface area contributed by atoms with E-state index in [-0.39, 0.29) is 54.1 Å². The number of nitrogen functional groups attached to an aromatic ring is 1. The molecule has 2 fully saturated rings. The number of carbonyl (C=O) groups excluding carboxylic acids is 4. The molecule has 2 saturated heterocycles. The van der Waals surface area contributed by atoms with E-state index in [0.717, 1.165) is 22.5 Å². The molecule has 4 heterocycles. The van der Waals surface area contributed by atoms with E-state index in [1.807, 2.05) is 48.5 Å². The second-order valence-electron chi connectivity index (χ2n) is 13.2. The molecule has 5 N–H and O–H groups in total. The predicted octanol–water partition coefficient (Wildman–Crippen LogP) is 3.96. The Morgan fingerprint density at radius 1 is 1.17 bits per heavy atom. The Morgan fingerprint density at radius 3 is 2.57 bits per heavy atom. The molecular weight excluding hydrogens is 725 g/mol. The molecule has 0 saturated carbocycles. The van der Waals surface area contributed by atoms with Crippen molar-refractivity contribution >= 4 is 63.8 Å². The van der Waals surface area contributed by atoms with Crippen molar-refractivity contribution < 1.29 is 43.4 Å². The van der Waals surface area contributed by atoms with E-state index >= 15 is 0 Å². The molecule has 15 nitrogen and oxygen atoms in total. The van der Waals surface area contributed by atoms with Crippen LogP contribution < -0.4 is 16.4 Å². The van der Waals surface area contributed by atoms with Gasteiger partial charge < -0.3 is 40.7 Å². The molecule has 2 aromatic carbocycles. The summed E-state index contributed by atoms with van der Waals surface area (Å²) in [6.07, 6.45) is 0.917. The molecule has 0 aliphatic carbocycles. The van der Waals surface area contributed by atoms with Gasteiger partial charge >= 0.3 is 18.0 Å². The molecule has 0 spiro atoms. The van der Waals surface area contributed by atoms with Crippen LogP contribution in [0.15, 0.2) is 77.8 Å². The van der Waals surface area contributed by atoms with Crippen LogP contribution in [0.5, 0.6) is 0 Å². The molecular formula is C36H40N6O9S2. The number of nitrogens with zero attached hydrogens (tertiary/aromatic N) is 3. The lowest BCUT2D eigenvalue weighted by atomic mass is 9.87. The third-order valence-electron chi connectivity index (χ3n) is 8.18. The molecule has 53 heavy (non-hydrogen) atoms. The number of amides is 3. The number of carbonyl (C=O) groups is 5. The first kappa shape index (κ1) is 38.8. The summed E-state index contributed by atoms with van der Waals surface area (Å²) in [5, 5.41) is 20.1. The number of fused-ring (bicyclic) bond motifs is 3. The maximum atomic E-state index is 13.0. The van der Waals surface area contributed by atoms with Crippen molar-refractivity contribution in [2.75, 3.05) is 31.2 Å². The number of anilines is 1. The topological polar surface area (TPSA) is 212 Å². The zero-order chi connectivity index (χ0) is 38.3. The molecule has 3 unspecified atom stereocenters. The van der Waals surface area contributed by atoms with Crippen LogP contribution in [0.1, 0.15) is 60.5 Å². The highest BCUT2D eigenvalue weighted by atomic mass is 32.2. The number of carboxylic acids is 1. The lowest BCUT2D eigenvalue weighted by molar-refractivity contribution is -0.156. The molecule has 2 bridgehead atoms. The Balaban J connectivity index is 0.000000278. The van der Waals surface area contributed by atoms with Crippen LogP contribution >= 0.6 is 23.1 Å². The number of β-lactam (4-membered cyclic amide) rings is 1. The van der Waals surface area contributed by atoms with Crippen molar-refractivity contribution in [1.82, 2.24) is 20.5 Å². The van der Waals surface area contributed by atoms with Crippen molar-refractivity contribution in [3.05, 3.63) is 95.0 Å². The number of aromatic nitrogens is 1. The fraction of sp³-hybridized carbons (Fsp3) is 0.361. The monoisotopic (exact) mass is 764 g/mol. The predicted molar refractivity (Wildman–Crippen MR) is 198 cm³/mol. The van der Waals surface area contributed by atoms with Gasteiger partial charge in [-0.1, -0.05) is 53.7 Å². The smallest absolute Gasteiger partial charge is 0.407 e. The van der Waals surface area contributed by atoms with Crippen LogP contribution in [0, 0.1) is 5.41 Å². The van der Waals surface area contributed by atoms with Gasteiger partial charge in [0.15, 0.2) is 16.9 Å². The summed E-state index contributed by atoms with van der Waals surface area (Å²) in [4.78, 5) is 71.5. The largest absolute Gasteiger partial charge is 0.481 e. The number of alkyl carbamates (subject to hydrolysis) is 1. The second-order valence-corrected chi connectivity index (χ2v) is 15.2. The average Bonchev–Trinajstić information content (AvgIpc) is 3.56. The number of carboxylic acid groups (broad SMARTS) is 1. The first-order chi connectivity index (χ1) is 25.2. The lowest BCUT2D eigenvalue weighted by Gasteiger charge is -2.53. The number of thiazole rings is 1. The first-order valence-electron chi connectivity index (χ1n) is 16.6. The Kier molecular flexibility index (Phi) is 12.1. The van der Waals surface area contributed by atoms with Gasteiger partial charge in [-0.3, -0.25) is 14.4 Å². The van der Waals surface area contributed by atoms with Crippen LogP contribution in [-0.2, 0) is 28.7 Å². The van der Waals surface area contributed by atoms with Crippen LogP contribution in [0.4, 0.5) is 9.93 Å². The standard InChI is InChI=1S/C22H30N6O7S2.C14H10O2/c1-5-22(18(31)32)10-28-16(30)14(17(28)37-11-22)26-15(29)13(12-9-36-19(23)25-12)27-34-8-6-7-24-20(33)35-21(2,3)4;15-14-12-8-4-7-11(9-12)13(16-14)10-5-2-1-3-6-10/h5,9,14,17H,1,6-8,10-11H2,2-4H3,(H2,23,25)(H,24,33)(H,26,29)(H,31,32);1-9,13H/t14?,17-,22?;/m1./s1. The summed E-state index contributed by atoms with van der Waals surface area (Å²) in [6.45, 7) is 9.22. The minimum Gasteiger partial charge on any atom is -0.481 e. The van der Waals surface area contributed by atoms with Gasteiger partial charge in [0.1, 0.15) is 34.7 Å². The van der Waals surface area contributed by atoms with Crippen LogP contribution in [-0.4, -0.2) is 93.0 Å². The molecule has 4 atom stereocenters. The van der Waals surface area contributed by atoms with E-state index in [1.165, 1.54) is 28.1 Å². The molecule has 3 aromatic rings. The number of ether oxygens (including phenoxy) is 2. The number of rotatable bonds is 11. The summed E-state index contributed by atoms with van der Waals surface area (Å²) in [7, 11) is 0. The van der Waals surface area contributed by atoms with Gasteiger partial charge in [-0.25, -0.2) is 14.6 Å². The number of hydrogen-bond donors (Lipinski definition) is 4. The molecule has 0 radical (unpaired) electrons. The highest BCUT2D eigenvalue weighted by Crippen LogP contribution is 2.42. The van der Waals surface area contributed by atoms with Crippen LogP contribution in [0.2, 0.25) is 0 Å². The van der Waals surface area contributed by atoms with Crippen molar-refractivity contribution in [3.8, 4) is 0 Å². The molecule has 280 valence electrons. The van der Waals surface area contributed by atoms with Gasteiger partial charge in [0.05, 0.1) is 5.56 Å². The maximum absolute atomic E-state index is 13.0. The maximum Gasteiger partial charge on any atom is 0.407 e. The number of aliphatic carboxylic acids is 1. The Bertz CT molecular complexity index is 1900. The third kappa shape index (κ3) is 9.34. The quantitative estimate of drug-likeness (QED) is 0.0546. The van der Waals surface area contributed by atoms with Gasteiger partial charge in [-0.15, -0.1) is 29.7 Å². The van der Waals surface area contributed by atoms with Crippen molar-refractivity contribution in [2.45, 2.75) is 50.3 Å². The normalized spacial score (nSPS) is 21.8. The van der Waals surface area contributed by atoms with Gasteiger partial charge in [-0.2, -0.15) is 0 Å². The van der Waals surface area contributed by atoms with Gasteiger partial charge in [0.2, 0.25) is 5.91 Å². The summed E-state index contributed by atoms with van der Waals surface area (Å²) >= 11 is 2.37. The summed E-state index contributed by atoms with van der Waals surface area (Å²) < 4.78 is 10.6. The molecule has 1 aromatic heterocycles. The minimum atomic E-state index is -1.23. The molecule has 3 aliphatic heterocycles. The summed E-state index contributed by atoms with van der Waals surface area (Å²) in [5.41, 5.74) is 6.55. The average molecular weight is 765 g/mol. The zero-order valence-corrected chi connectivity index (χ0v) is 30.9. The summed E-state index contributed by atoms with van der Waals surface area (Å²) in [6, 6.07) is 16.5. The van der Waals surface area contributed by atoms with E-state index in [2.05, 4.69) is 27.4 Å². The molecule has 3 aliphatic rings. The lowest BCUT2D eigenvalue weighted by Crippen LogP contribution is -2.73. The Hall–Kier alpha value is -5.42. The Labute approximate surface area is 313 Å². The van der Waals surface area contributed by atoms with Crippen molar-refractivity contribution in [2.24, 2.45) is 10.6 Å². The fourth-order valence-electron chi connectivity index (χ4n) is 5.46. The number of hydrogen-bond acceptors (Lipinski definition) is 13. The molecule has 6 rings (SSSR count). The van der Waals surface area contributed by atoms with Crippen LogP contribution in [0.25, 0.3) is 0 Å². The number of nitrogens with one attached hydrogen (secondary N) is 2. The minimum absolute atomic E-state index is 0.0152. The highest BCUT2D eigenvalue weighted by molar-refractivity contribution is 8.00. The van der Waals surface area contributed by atoms with E-state index in [1.54, 1.807) is 26.8 Å². The van der Waals surface area contributed by atoms with E-state index in [0.29, 0.717) is 12.0 Å². The van der Waals surface area contributed by atoms with E-state index in [4.69, 9.17) is 20.0 Å². The van der Waals surface area contributed by atoms with Gasteiger partial charge in [0, 0.05) is 30.6 Å². The Morgan fingerprint density at radius 2 is 1.91 bits per heavy atom. The zero-order valence-electron chi connectivity index (χ0n) is 29.3. The highest BCUT2D eigenvalue weighted by Gasteiger charge is 2.56. The number of cyclic esters (lactones) is 1. The van der Waals surface area contributed by atoms with Gasteiger partial charge in [-0.05, 0) is 44.0 Å². The third-order valence-corrected chi connectivity index (χ3v) is 10.4. The number of thioether (sulfide) groups is 1. The van der Waals surface area contributed by atoms with E-state index < -0.39 is 46.3 Å². The van der Waals surface area contributed by atoms with Crippen LogP contribution in [0.3, 0.4) is 0 Å². The number of oxime groups is 1. The second kappa shape index (κ2) is 16.5. The molecule has 3 amide bonds. The van der Waals surface area contributed by atoms with Crippen molar-refractivity contribution in [3.63, 3.8) is 0 Å². The van der Waals surface area contributed by atoms with E-state index in [9.17, 15) is 29.1 Å². The SMILES string of the molecule is C=CC1(C(=O)O)CS[C@@H]2C(NC(=O)C(=NOCCCNC(=O)OC(C)(C)C)c3csc(N)n3)C(=O)N2C1.O=C1OC(c2ccccc2)c2cccc1c2. The fourth-order valence-corrected chi connectivity index (χ4v) is 7.54. The number of esters is 1. The number of benzene rings is 2. The van der Waals surface area contributed by atoms with Gasteiger partial charge in [0.25, 0.3) is 5.91 Å². The van der Waals surface area contributed by atoms with Crippen molar-refractivity contribution in [1.29, 1.82) is 0 Å². The molecule has 17 heteroatoms.